The average Bonchev–Trinajstić information content (AvgIpc) is 2.97. The number of esters is 1. The summed E-state index contributed by atoms with van der Waals surface area (Å²) in [4.78, 5) is 37.2. The van der Waals surface area contributed by atoms with Gasteiger partial charge in [0.05, 0.1) is 0 Å². The number of thiophene rings is 1. The molecule has 2 atom stereocenters. The Bertz CT molecular complexity index is 626. The van der Waals surface area contributed by atoms with Gasteiger partial charge in [0.1, 0.15) is 4.88 Å². The Labute approximate surface area is 146 Å². The maximum absolute atomic E-state index is 12.2. The molecule has 1 aromatic heterocycles. The van der Waals surface area contributed by atoms with E-state index in [9.17, 15) is 14.4 Å². The lowest BCUT2D eigenvalue weighted by Crippen LogP contribution is -2.44. The number of hydrogen-bond donors (Lipinski definition) is 2. The molecule has 1 aliphatic carbocycles. The molecular weight excluding hydrogens is 328 g/mol. The lowest BCUT2D eigenvalue weighted by Gasteiger charge is -2.19. The number of aryl methyl sites for hydroxylation is 1. The van der Waals surface area contributed by atoms with Crippen molar-refractivity contribution in [3.8, 4) is 0 Å². The van der Waals surface area contributed by atoms with E-state index in [0.29, 0.717) is 17.3 Å². The van der Waals surface area contributed by atoms with Crippen LogP contribution in [0.5, 0.6) is 0 Å². The van der Waals surface area contributed by atoms with Gasteiger partial charge in [-0.2, -0.15) is 0 Å². The van der Waals surface area contributed by atoms with Crippen molar-refractivity contribution in [1.29, 1.82) is 0 Å². The molecule has 1 aliphatic rings. The van der Waals surface area contributed by atoms with Gasteiger partial charge in [-0.15, -0.1) is 11.3 Å². The minimum absolute atomic E-state index is 0.410. The number of carbonyl (C=O) groups excluding carboxylic acids is 3. The molecule has 1 aromatic rings. The van der Waals surface area contributed by atoms with Gasteiger partial charge in [-0.1, -0.05) is 13.3 Å². The molecule has 0 saturated carbocycles. The fraction of sp³-hybridized carbons (Fsp3) is 0.588. The highest BCUT2D eigenvalue weighted by Gasteiger charge is 2.25. The highest BCUT2D eigenvalue weighted by molar-refractivity contribution is 7.14. The van der Waals surface area contributed by atoms with E-state index >= 15 is 0 Å². The van der Waals surface area contributed by atoms with Gasteiger partial charge in [0.25, 0.3) is 5.91 Å². The molecule has 0 fully saturated rings. The van der Waals surface area contributed by atoms with Crippen LogP contribution in [0.1, 0.15) is 53.7 Å². The second-order valence-electron chi connectivity index (χ2n) is 5.97. The van der Waals surface area contributed by atoms with Crippen LogP contribution in [0.25, 0.3) is 0 Å². The molecule has 6 nitrogen and oxygen atoms in total. The summed E-state index contributed by atoms with van der Waals surface area (Å²) >= 11 is 1.45. The monoisotopic (exact) mass is 352 g/mol. The predicted molar refractivity (Wildman–Crippen MR) is 92.2 cm³/mol. The molecule has 2 rings (SSSR count). The SMILES string of the molecule is CCNC(=O)NC(=O)[C@H](C)OC(=O)c1cc2c(s1)CC[C@@H](CC)C2. The number of fused-ring (bicyclic) bond motifs is 1. The van der Waals surface area contributed by atoms with Crippen molar-refractivity contribution in [1.82, 2.24) is 10.6 Å². The van der Waals surface area contributed by atoms with Crippen molar-refractivity contribution >= 4 is 29.2 Å². The van der Waals surface area contributed by atoms with E-state index in [1.807, 2.05) is 6.07 Å². The van der Waals surface area contributed by atoms with Crippen LogP contribution in [-0.2, 0) is 22.4 Å². The Morgan fingerprint density at radius 3 is 2.79 bits per heavy atom. The van der Waals surface area contributed by atoms with Gasteiger partial charge >= 0.3 is 12.0 Å². The van der Waals surface area contributed by atoms with Crippen molar-refractivity contribution in [3.05, 3.63) is 21.4 Å². The molecule has 1 heterocycles. The van der Waals surface area contributed by atoms with Crippen LogP contribution < -0.4 is 10.6 Å². The topological polar surface area (TPSA) is 84.5 Å². The Morgan fingerprint density at radius 2 is 2.12 bits per heavy atom. The number of imide groups is 1. The summed E-state index contributed by atoms with van der Waals surface area (Å²) in [5.74, 6) is -0.472. The summed E-state index contributed by atoms with van der Waals surface area (Å²) in [5.41, 5.74) is 1.23. The molecule has 0 bridgehead atoms. The average molecular weight is 352 g/mol. The molecular formula is C17H24N2O4S. The predicted octanol–water partition coefficient (Wildman–Crippen LogP) is 2.65. The van der Waals surface area contributed by atoms with Crippen LogP contribution in [0.15, 0.2) is 6.07 Å². The third kappa shape index (κ3) is 4.56. The van der Waals surface area contributed by atoms with Crippen LogP contribution in [0.3, 0.4) is 0 Å². The third-order valence-electron chi connectivity index (χ3n) is 4.19. The third-order valence-corrected chi connectivity index (χ3v) is 5.41. The van der Waals surface area contributed by atoms with Crippen LogP contribution in [-0.4, -0.2) is 30.6 Å². The highest BCUT2D eigenvalue weighted by atomic mass is 32.1. The molecule has 7 heteroatoms. The number of amides is 3. The number of rotatable bonds is 5. The zero-order valence-corrected chi connectivity index (χ0v) is 15.1. The Morgan fingerprint density at radius 1 is 1.38 bits per heavy atom. The summed E-state index contributed by atoms with van der Waals surface area (Å²) in [6.45, 7) is 5.79. The zero-order chi connectivity index (χ0) is 17.7. The van der Waals surface area contributed by atoms with Crippen LogP contribution in [0, 0.1) is 5.92 Å². The maximum atomic E-state index is 12.2. The van der Waals surface area contributed by atoms with Crippen molar-refractivity contribution in [2.24, 2.45) is 5.92 Å². The second-order valence-corrected chi connectivity index (χ2v) is 7.11. The van der Waals surface area contributed by atoms with Gasteiger partial charge in [-0.25, -0.2) is 9.59 Å². The fourth-order valence-corrected chi connectivity index (χ4v) is 3.83. The first-order valence-electron chi connectivity index (χ1n) is 8.35. The lowest BCUT2D eigenvalue weighted by molar-refractivity contribution is -0.127. The molecule has 132 valence electrons. The van der Waals surface area contributed by atoms with Gasteiger partial charge in [0.15, 0.2) is 6.10 Å². The molecule has 0 aromatic carbocycles. The first-order valence-corrected chi connectivity index (χ1v) is 9.17. The zero-order valence-electron chi connectivity index (χ0n) is 14.3. The second kappa shape index (κ2) is 8.28. The highest BCUT2D eigenvalue weighted by Crippen LogP contribution is 2.33. The van der Waals surface area contributed by atoms with Crippen LogP contribution in [0.2, 0.25) is 0 Å². The van der Waals surface area contributed by atoms with Crippen LogP contribution >= 0.6 is 11.3 Å². The summed E-state index contributed by atoms with van der Waals surface area (Å²) < 4.78 is 5.19. The van der Waals surface area contributed by atoms with Gasteiger partial charge in [-0.05, 0) is 50.7 Å². The Hall–Kier alpha value is -1.89. The minimum Gasteiger partial charge on any atom is -0.448 e. The quantitative estimate of drug-likeness (QED) is 0.798. The first-order chi connectivity index (χ1) is 11.4. The lowest BCUT2D eigenvalue weighted by atomic mass is 9.87. The van der Waals surface area contributed by atoms with Gasteiger partial charge in [0.2, 0.25) is 0 Å². The summed E-state index contributed by atoms with van der Waals surface area (Å²) in [5, 5.41) is 4.59. The van der Waals surface area contributed by atoms with Gasteiger partial charge in [-0.3, -0.25) is 10.1 Å². The largest absolute Gasteiger partial charge is 0.448 e. The van der Waals surface area contributed by atoms with E-state index < -0.39 is 24.0 Å². The summed E-state index contributed by atoms with van der Waals surface area (Å²) in [7, 11) is 0. The molecule has 0 aliphatic heterocycles. The molecule has 0 radical (unpaired) electrons. The minimum atomic E-state index is -1.03. The normalized spacial score (nSPS) is 17.5. The number of ether oxygens (including phenoxy) is 1. The number of nitrogens with one attached hydrogen (secondary N) is 2. The van der Waals surface area contributed by atoms with Crippen molar-refractivity contribution < 1.29 is 19.1 Å². The first kappa shape index (κ1) is 18.4. The van der Waals surface area contributed by atoms with Crippen molar-refractivity contribution in [3.63, 3.8) is 0 Å². The number of urea groups is 1. The Kier molecular flexibility index (Phi) is 6.36. The van der Waals surface area contributed by atoms with E-state index in [4.69, 9.17) is 4.74 Å². The smallest absolute Gasteiger partial charge is 0.349 e. The van der Waals surface area contributed by atoms with Gasteiger partial charge in [0, 0.05) is 11.4 Å². The van der Waals surface area contributed by atoms with E-state index in [2.05, 4.69) is 17.6 Å². The molecule has 0 unspecified atom stereocenters. The van der Waals surface area contributed by atoms with Gasteiger partial charge < -0.3 is 10.1 Å². The van der Waals surface area contributed by atoms with E-state index in [1.165, 1.54) is 28.7 Å². The Balaban J connectivity index is 1.94. The summed E-state index contributed by atoms with van der Waals surface area (Å²) in [6.07, 6.45) is 3.28. The van der Waals surface area contributed by atoms with Crippen molar-refractivity contribution in [2.45, 2.75) is 52.6 Å². The standard InChI is InChI=1S/C17H24N2O4S/c1-4-11-6-7-13-12(8-11)9-14(24-13)16(21)23-10(3)15(20)19-17(22)18-5-2/h9-11H,4-8H2,1-3H3,(H2,18,19,20,22)/t10-,11+/m0/s1. The molecule has 24 heavy (non-hydrogen) atoms. The van der Waals surface area contributed by atoms with Crippen molar-refractivity contribution in [2.75, 3.05) is 6.54 Å². The van der Waals surface area contributed by atoms with E-state index in [-0.39, 0.29) is 0 Å². The summed E-state index contributed by atoms with van der Waals surface area (Å²) in [6, 6.07) is 1.29. The fourth-order valence-electron chi connectivity index (χ4n) is 2.74. The maximum Gasteiger partial charge on any atom is 0.349 e. The van der Waals surface area contributed by atoms with Crippen LogP contribution in [0.4, 0.5) is 4.79 Å². The van der Waals surface area contributed by atoms with E-state index in [1.54, 1.807) is 6.92 Å². The molecule has 3 amide bonds. The molecule has 2 N–H and O–H groups in total. The molecule has 0 spiro atoms. The molecule has 0 saturated heterocycles. The number of hydrogen-bond acceptors (Lipinski definition) is 5. The number of carbonyl (C=O) groups is 3. The van der Waals surface area contributed by atoms with E-state index in [0.717, 1.165) is 25.7 Å².